The van der Waals surface area contributed by atoms with Crippen molar-refractivity contribution in [2.45, 2.75) is 6.54 Å². The molecule has 1 saturated heterocycles. The predicted octanol–water partition coefficient (Wildman–Crippen LogP) is 3.26. The summed E-state index contributed by atoms with van der Waals surface area (Å²) in [6.45, 7) is 4.84. The zero-order valence-corrected chi connectivity index (χ0v) is 16.5. The van der Waals surface area contributed by atoms with Gasteiger partial charge in [-0.3, -0.25) is 14.6 Å². The van der Waals surface area contributed by atoms with Crippen LogP contribution in [-0.4, -0.2) is 54.6 Å². The van der Waals surface area contributed by atoms with Gasteiger partial charge in [-0.25, -0.2) is 5.43 Å². The van der Waals surface area contributed by atoms with Gasteiger partial charge in [0.05, 0.1) is 12.8 Å². The van der Waals surface area contributed by atoms with E-state index in [0.29, 0.717) is 11.6 Å². The second-order valence-electron chi connectivity index (χ2n) is 6.53. The standard InChI is InChI=1S/C20H22Cl2N4O/c21-18-6-4-16(5-7-18)14-25-8-10-26(11-9-25)15-20(27)24-23-13-17-2-1-3-19(22)12-17/h1-7,12-13H,8-11,14-15H2,(H,24,27). The Balaban J connectivity index is 1.38. The van der Waals surface area contributed by atoms with E-state index >= 15 is 0 Å². The van der Waals surface area contributed by atoms with Gasteiger partial charge in [-0.1, -0.05) is 47.5 Å². The highest BCUT2D eigenvalue weighted by atomic mass is 35.5. The molecule has 2 aromatic rings. The van der Waals surface area contributed by atoms with Crippen molar-refractivity contribution in [2.75, 3.05) is 32.7 Å². The Morgan fingerprint density at radius 2 is 1.70 bits per heavy atom. The van der Waals surface area contributed by atoms with Crippen LogP contribution in [0.15, 0.2) is 53.6 Å². The second-order valence-corrected chi connectivity index (χ2v) is 7.40. The fraction of sp³-hybridized carbons (Fsp3) is 0.300. The second kappa shape index (κ2) is 9.85. The first-order chi connectivity index (χ1) is 13.1. The van der Waals surface area contributed by atoms with Crippen LogP contribution in [0.4, 0.5) is 0 Å². The van der Waals surface area contributed by atoms with Crippen LogP contribution in [0.25, 0.3) is 0 Å². The molecule has 27 heavy (non-hydrogen) atoms. The van der Waals surface area contributed by atoms with E-state index in [0.717, 1.165) is 43.3 Å². The lowest BCUT2D eigenvalue weighted by Crippen LogP contribution is -2.48. The zero-order valence-electron chi connectivity index (χ0n) is 14.9. The smallest absolute Gasteiger partial charge is 0.254 e. The molecule has 1 N–H and O–H groups in total. The van der Waals surface area contributed by atoms with Crippen LogP contribution >= 0.6 is 23.2 Å². The van der Waals surface area contributed by atoms with E-state index in [4.69, 9.17) is 23.2 Å². The summed E-state index contributed by atoms with van der Waals surface area (Å²) in [4.78, 5) is 16.6. The molecule has 0 atom stereocenters. The number of benzene rings is 2. The fourth-order valence-electron chi connectivity index (χ4n) is 2.96. The normalized spacial score (nSPS) is 15.9. The zero-order chi connectivity index (χ0) is 19.1. The van der Waals surface area contributed by atoms with Gasteiger partial charge in [0.2, 0.25) is 0 Å². The van der Waals surface area contributed by atoms with Gasteiger partial charge in [0.15, 0.2) is 0 Å². The monoisotopic (exact) mass is 404 g/mol. The Hall–Kier alpha value is -1.92. The minimum absolute atomic E-state index is 0.112. The molecule has 0 saturated carbocycles. The predicted molar refractivity (Wildman–Crippen MR) is 110 cm³/mol. The molecular formula is C20H22Cl2N4O. The Morgan fingerprint density at radius 3 is 2.41 bits per heavy atom. The summed E-state index contributed by atoms with van der Waals surface area (Å²) in [7, 11) is 0. The van der Waals surface area contributed by atoms with Crippen molar-refractivity contribution < 1.29 is 4.79 Å². The van der Waals surface area contributed by atoms with Crippen molar-refractivity contribution in [3.05, 3.63) is 69.7 Å². The Labute approximate surface area is 169 Å². The van der Waals surface area contributed by atoms with Crippen LogP contribution in [-0.2, 0) is 11.3 Å². The molecule has 1 heterocycles. The molecule has 2 aromatic carbocycles. The van der Waals surface area contributed by atoms with E-state index in [9.17, 15) is 4.79 Å². The lowest BCUT2D eigenvalue weighted by molar-refractivity contribution is -0.122. The van der Waals surface area contributed by atoms with Crippen LogP contribution in [0.2, 0.25) is 10.0 Å². The average molecular weight is 405 g/mol. The maximum atomic E-state index is 12.1. The fourth-order valence-corrected chi connectivity index (χ4v) is 3.28. The molecule has 1 aliphatic heterocycles. The molecule has 7 heteroatoms. The van der Waals surface area contributed by atoms with Crippen LogP contribution in [0, 0.1) is 0 Å². The van der Waals surface area contributed by atoms with Gasteiger partial charge in [-0.05, 0) is 35.4 Å². The highest BCUT2D eigenvalue weighted by molar-refractivity contribution is 6.31. The number of hydrogen-bond acceptors (Lipinski definition) is 4. The van der Waals surface area contributed by atoms with Crippen molar-refractivity contribution in [3.8, 4) is 0 Å². The number of hydrazone groups is 1. The molecule has 0 bridgehead atoms. The van der Waals surface area contributed by atoms with E-state index in [2.05, 4.69) is 32.5 Å². The summed E-state index contributed by atoms with van der Waals surface area (Å²) < 4.78 is 0. The molecule has 142 valence electrons. The van der Waals surface area contributed by atoms with E-state index in [1.54, 1.807) is 18.3 Å². The Kier molecular flexibility index (Phi) is 7.24. The van der Waals surface area contributed by atoms with Gasteiger partial charge in [-0.2, -0.15) is 5.10 Å². The van der Waals surface area contributed by atoms with Gasteiger partial charge in [0.25, 0.3) is 5.91 Å². The summed E-state index contributed by atoms with van der Waals surface area (Å²) >= 11 is 11.8. The first kappa shape index (κ1) is 19.8. The molecule has 0 radical (unpaired) electrons. The third kappa shape index (κ3) is 6.63. The number of nitrogens with zero attached hydrogens (tertiary/aromatic N) is 3. The van der Waals surface area contributed by atoms with Crippen molar-refractivity contribution in [3.63, 3.8) is 0 Å². The van der Waals surface area contributed by atoms with Gasteiger partial charge in [0.1, 0.15) is 0 Å². The van der Waals surface area contributed by atoms with Crippen molar-refractivity contribution in [2.24, 2.45) is 5.10 Å². The molecule has 0 aromatic heterocycles. The summed E-state index contributed by atoms with van der Waals surface area (Å²) in [6.07, 6.45) is 1.59. The van der Waals surface area contributed by atoms with Crippen molar-refractivity contribution in [1.29, 1.82) is 0 Å². The number of hydrogen-bond donors (Lipinski definition) is 1. The summed E-state index contributed by atoms with van der Waals surface area (Å²) in [6, 6.07) is 15.3. The SMILES string of the molecule is O=C(CN1CCN(Cc2ccc(Cl)cc2)CC1)NN=Cc1cccc(Cl)c1. The molecule has 0 spiro atoms. The van der Waals surface area contributed by atoms with Crippen LogP contribution < -0.4 is 5.43 Å². The largest absolute Gasteiger partial charge is 0.297 e. The third-order valence-corrected chi connectivity index (χ3v) is 4.89. The molecular weight excluding hydrogens is 383 g/mol. The lowest BCUT2D eigenvalue weighted by Gasteiger charge is -2.34. The number of amides is 1. The first-order valence-corrected chi connectivity index (χ1v) is 9.61. The Morgan fingerprint density at radius 1 is 1.00 bits per heavy atom. The van der Waals surface area contributed by atoms with Crippen molar-refractivity contribution >= 4 is 35.3 Å². The minimum Gasteiger partial charge on any atom is -0.297 e. The minimum atomic E-state index is -0.112. The average Bonchev–Trinajstić information content (AvgIpc) is 2.65. The quantitative estimate of drug-likeness (QED) is 0.593. The lowest BCUT2D eigenvalue weighted by atomic mass is 10.2. The van der Waals surface area contributed by atoms with E-state index in [1.807, 2.05) is 24.3 Å². The molecule has 1 fully saturated rings. The molecule has 1 aliphatic rings. The van der Waals surface area contributed by atoms with Gasteiger partial charge < -0.3 is 0 Å². The van der Waals surface area contributed by atoms with Crippen LogP contribution in [0.1, 0.15) is 11.1 Å². The topological polar surface area (TPSA) is 47.9 Å². The number of halogens is 2. The highest BCUT2D eigenvalue weighted by Crippen LogP contribution is 2.13. The van der Waals surface area contributed by atoms with Crippen LogP contribution in [0.3, 0.4) is 0 Å². The molecule has 3 rings (SSSR count). The van der Waals surface area contributed by atoms with Crippen LogP contribution in [0.5, 0.6) is 0 Å². The molecule has 0 aliphatic carbocycles. The molecule has 0 unspecified atom stereocenters. The summed E-state index contributed by atoms with van der Waals surface area (Å²) in [5.41, 5.74) is 4.67. The summed E-state index contributed by atoms with van der Waals surface area (Å²) in [5, 5.41) is 5.39. The third-order valence-electron chi connectivity index (χ3n) is 4.40. The van der Waals surface area contributed by atoms with Gasteiger partial charge in [-0.15, -0.1) is 0 Å². The maximum Gasteiger partial charge on any atom is 0.254 e. The summed E-state index contributed by atoms with van der Waals surface area (Å²) in [5.74, 6) is -0.112. The number of carbonyl (C=O) groups is 1. The number of piperazine rings is 1. The van der Waals surface area contributed by atoms with E-state index in [-0.39, 0.29) is 5.91 Å². The number of carbonyl (C=O) groups excluding carboxylic acids is 1. The molecule has 5 nitrogen and oxygen atoms in total. The maximum absolute atomic E-state index is 12.1. The van der Waals surface area contributed by atoms with E-state index < -0.39 is 0 Å². The van der Waals surface area contributed by atoms with E-state index in [1.165, 1.54) is 5.56 Å². The number of nitrogens with one attached hydrogen (secondary N) is 1. The van der Waals surface area contributed by atoms with Gasteiger partial charge >= 0.3 is 0 Å². The Bertz CT molecular complexity index is 787. The first-order valence-electron chi connectivity index (χ1n) is 8.85. The highest BCUT2D eigenvalue weighted by Gasteiger charge is 2.18. The van der Waals surface area contributed by atoms with Crippen molar-refractivity contribution in [1.82, 2.24) is 15.2 Å². The number of rotatable bonds is 6. The van der Waals surface area contributed by atoms with Gasteiger partial charge in [0, 0.05) is 42.8 Å². The molecule has 1 amide bonds.